The molecule has 0 saturated heterocycles. The van der Waals surface area contributed by atoms with Crippen LogP contribution in [0.15, 0.2) is 24.3 Å². The van der Waals surface area contributed by atoms with Crippen molar-refractivity contribution in [2.45, 2.75) is 18.9 Å². The maximum absolute atomic E-state index is 11.8. The van der Waals surface area contributed by atoms with Gasteiger partial charge in [-0.1, -0.05) is 18.2 Å². The van der Waals surface area contributed by atoms with Crippen molar-refractivity contribution >= 4 is 23.5 Å². The highest BCUT2D eigenvalue weighted by Gasteiger charge is 2.18. The average Bonchev–Trinajstić information content (AvgIpc) is 2.39. The minimum atomic E-state index is -1.15. The smallest absolute Gasteiger partial charge is 0.305 e. The summed E-state index contributed by atoms with van der Waals surface area (Å²) in [4.78, 5) is 33.6. The fourth-order valence-electron chi connectivity index (χ4n) is 1.56. The number of amides is 2. The van der Waals surface area contributed by atoms with Crippen LogP contribution >= 0.6 is 0 Å². The lowest BCUT2D eigenvalue weighted by Crippen LogP contribution is -2.37. The van der Waals surface area contributed by atoms with Gasteiger partial charge in [0.25, 0.3) is 0 Å². The summed E-state index contributed by atoms with van der Waals surface area (Å²) in [5.41, 5.74) is 6.55. The molecule has 0 aromatic heterocycles. The van der Waals surface area contributed by atoms with Gasteiger partial charge in [-0.15, -0.1) is 0 Å². The average molecular weight is 279 g/mol. The Hall–Kier alpha value is -2.41. The van der Waals surface area contributed by atoms with Crippen LogP contribution in [0, 0.1) is 0 Å². The standard InChI is InChI=1S/C13H17N3O4/c1-15-11(17)6-8-4-2-3-5-10(8)16-13(20)9(14)7-12(18)19/h2-5,9H,6-7,14H2,1H3,(H,15,17)(H,16,20)(H,18,19). The zero-order valence-corrected chi connectivity index (χ0v) is 11.1. The van der Waals surface area contributed by atoms with E-state index in [1.54, 1.807) is 24.3 Å². The van der Waals surface area contributed by atoms with Gasteiger partial charge in [-0.3, -0.25) is 14.4 Å². The Labute approximate surface area is 116 Å². The van der Waals surface area contributed by atoms with Gasteiger partial charge in [-0.2, -0.15) is 0 Å². The van der Waals surface area contributed by atoms with Crippen molar-refractivity contribution < 1.29 is 19.5 Å². The number of carboxylic acids is 1. The lowest BCUT2D eigenvalue weighted by Gasteiger charge is -2.13. The van der Waals surface area contributed by atoms with Crippen molar-refractivity contribution in [2.24, 2.45) is 5.73 Å². The van der Waals surface area contributed by atoms with E-state index in [2.05, 4.69) is 10.6 Å². The fourth-order valence-corrected chi connectivity index (χ4v) is 1.56. The molecule has 1 rings (SSSR count). The SMILES string of the molecule is CNC(=O)Cc1ccccc1NC(=O)C(N)CC(=O)O. The predicted molar refractivity (Wildman–Crippen MR) is 73.1 cm³/mol. The number of benzene rings is 1. The molecule has 1 unspecified atom stereocenters. The molecule has 7 heteroatoms. The van der Waals surface area contributed by atoms with Crippen molar-refractivity contribution in [1.29, 1.82) is 0 Å². The van der Waals surface area contributed by atoms with E-state index in [1.807, 2.05) is 0 Å². The molecule has 0 bridgehead atoms. The topological polar surface area (TPSA) is 122 Å². The number of carbonyl (C=O) groups excluding carboxylic acids is 2. The lowest BCUT2D eigenvalue weighted by atomic mass is 10.1. The molecule has 1 atom stereocenters. The quantitative estimate of drug-likeness (QED) is 0.570. The van der Waals surface area contributed by atoms with Crippen molar-refractivity contribution in [3.63, 3.8) is 0 Å². The van der Waals surface area contributed by atoms with Crippen LogP contribution in [0.5, 0.6) is 0 Å². The second kappa shape index (κ2) is 7.25. The molecule has 20 heavy (non-hydrogen) atoms. The molecule has 0 spiro atoms. The Balaban J connectivity index is 2.79. The second-order valence-electron chi connectivity index (χ2n) is 4.20. The minimum Gasteiger partial charge on any atom is -0.481 e. The van der Waals surface area contributed by atoms with Crippen LogP contribution < -0.4 is 16.4 Å². The number of carboxylic acid groups (broad SMARTS) is 1. The van der Waals surface area contributed by atoms with Crippen LogP contribution in [-0.4, -0.2) is 36.0 Å². The van der Waals surface area contributed by atoms with Gasteiger partial charge in [-0.05, 0) is 11.6 Å². The molecular formula is C13H17N3O4. The number of hydrogen-bond donors (Lipinski definition) is 4. The normalized spacial score (nSPS) is 11.5. The molecule has 1 aromatic rings. The van der Waals surface area contributed by atoms with Crippen LogP contribution in [0.4, 0.5) is 5.69 Å². The van der Waals surface area contributed by atoms with Gasteiger partial charge in [0.15, 0.2) is 0 Å². The van der Waals surface area contributed by atoms with Gasteiger partial charge in [0.2, 0.25) is 11.8 Å². The summed E-state index contributed by atoms with van der Waals surface area (Å²) in [6.45, 7) is 0. The van der Waals surface area contributed by atoms with E-state index in [0.29, 0.717) is 11.3 Å². The molecule has 108 valence electrons. The van der Waals surface area contributed by atoms with Gasteiger partial charge in [0.1, 0.15) is 0 Å². The zero-order chi connectivity index (χ0) is 15.1. The third-order valence-corrected chi connectivity index (χ3v) is 2.64. The van der Waals surface area contributed by atoms with E-state index in [0.717, 1.165) is 0 Å². The number of rotatable bonds is 6. The summed E-state index contributed by atoms with van der Waals surface area (Å²) in [6.07, 6.45) is -0.343. The third-order valence-electron chi connectivity index (χ3n) is 2.64. The number of nitrogens with one attached hydrogen (secondary N) is 2. The molecular weight excluding hydrogens is 262 g/mol. The Kier molecular flexibility index (Phi) is 5.67. The molecule has 0 radical (unpaired) electrons. The fraction of sp³-hybridized carbons (Fsp3) is 0.308. The first-order valence-corrected chi connectivity index (χ1v) is 6.00. The molecule has 5 N–H and O–H groups in total. The van der Waals surface area contributed by atoms with E-state index in [-0.39, 0.29) is 12.3 Å². The molecule has 7 nitrogen and oxygen atoms in total. The van der Waals surface area contributed by atoms with Gasteiger partial charge in [0.05, 0.1) is 18.9 Å². The van der Waals surface area contributed by atoms with Crippen LogP contribution in [-0.2, 0) is 20.8 Å². The highest BCUT2D eigenvalue weighted by Crippen LogP contribution is 2.16. The minimum absolute atomic E-state index is 0.112. The summed E-state index contributed by atoms with van der Waals surface area (Å²) < 4.78 is 0. The van der Waals surface area contributed by atoms with Crippen molar-refractivity contribution in [2.75, 3.05) is 12.4 Å². The van der Waals surface area contributed by atoms with Gasteiger partial charge in [-0.25, -0.2) is 0 Å². The van der Waals surface area contributed by atoms with Crippen LogP contribution in [0.1, 0.15) is 12.0 Å². The first kappa shape index (κ1) is 15.6. The number of hydrogen-bond acceptors (Lipinski definition) is 4. The second-order valence-corrected chi connectivity index (χ2v) is 4.20. The van der Waals surface area contributed by atoms with E-state index in [1.165, 1.54) is 7.05 Å². The molecule has 0 saturated carbocycles. The Morgan fingerprint density at radius 2 is 1.95 bits per heavy atom. The van der Waals surface area contributed by atoms with E-state index >= 15 is 0 Å². The number of carbonyl (C=O) groups is 3. The van der Waals surface area contributed by atoms with E-state index in [4.69, 9.17) is 10.8 Å². The molecule has 1 aromatic carbocycles. The number of likely N-dealkylation sites (N-methyl/N-ethyl adjacent to an activating group) is 1. The summed E-state index contributed by atoms with van der Waals surface area (Å²) in [5.74, 6) is -1.94. The molecule has 2 amide bonds. The maximum Gasteiger partial charge on any atom is 0.305 e. The first-order chi connectivity index (χ1) is 9.43. The Morgan fingerprint density at radius 3 is 2.55 bits per heavy atom. The largest absolute Gasteiger partial charge is 0.481 e. The summed E-state index contributed by atoms with van der Waals surface area (Å²) in [6, 6.07) is 5.63. The predicted octanol–water partition coefficient (Wildman–Crippen LogP) is -0.284. The molecule has 0 aliphatic rings. The van der Waals surface area contributed by atoms with E-state index < -0.39 is 24.3 Å². The number of aliphatic carboxylic acids is 1. The molecule has 0 aliphatic carbocycles. The third kappa shape index (κ3) is 4.69. The van der Waals surface area contributed by atoms with Crippen LogP contribution in [0.25, 0.3) is 0 Å². The lowest BCUT2D eigenvalue weighted by molar-refractivity contribution is -0.138. The monoisotopic (exact) mass is 279 g/mol. The Bertz CT molecular complexity index is 516. The van der Waals surface area contributed by atoms with Crippen molar-refractivity contribution in [1.82, 2.24) is 5.32 Å². The molecule has 0 aliphatic heterocycles. The first-order valence-electron chi connectivity index (χ1n) is 6.00. The zero-order valence-electron chi connectivity index (χ0n) is 11.1. The highest BCUT2D eigenvalue weighted by molar-refractivity contribution is 5.97. The number of anilines is 1. The van der Waals surface area contributed by atoms with Crippen LogP contribution in [0.3, 0.4) is 0 Å². The number of para-hydroxylation sites is 1. The van der Waals surface area contributed by atoms with Crippen molar-refractivity contribution in [3.8, 4) is 0 Å². The van der Waals surface area contributed by atoms with Gasteiger partial charge < -0.3 is 21.5 Å². The summed E-state index contributed by atoms with van der Waals surface area (Å²) in [5, 5.41) is 13.6. The van der Waals surface area contributed by atoms with Crippen molar-refractivity contribution in [3.05, 3.63) is 29.8 Å². The van der Waals surface area contributed by atoms with Gasteiger partial charge in [0, 0.05) is 12.7 Å². The molecule has 0 fully saturated rings. The van der Waals surface area contributed by atoms with Gasteiger partial charge >= 0.3 is 5.97 Å². The molecule has 0 heterocycles. The summed E-state index contributed by atoms with van der Waals surface area (Å²) in [7, 11) is 1.52. The van der Waals surface area contributed by atoms with Crippen LogP contribution in [0.2, 0.25) is 0 Å². The Morgan fingerprint density at radius 1 is 1.30 bits per heavy atom. The maximum atomic E-state index is 11.8. The summed E-state index contributed by atoms with van der Waals surface area (Å²) >= 11 is 0. The van der Waals surface area contributed by atoms with E-state index in [9.17, 15) is 14.4 Å². The number of nitrogens with two attached hydrogens (primary N) is 1. The highest BCUT2D eigenvalue weighted by atomic mass is 16.4.